The van der Waals surface area contributed by atoms with E-state index in [1.165, 1.54) is 4.90 Å². The minimum Gasteiger partial charge on any atom is -0.354 e. The number of amides is 2. The van der Waals surface area contributed by atoms with E-state index in [2.05, 4.69) is 43.8 Å². The molecule has 3 aromatic carbocycles. The second-order valence-corrected chi connectivity index (χ2v) is 13.8. The van der Waals surface area contributed by atoms with Gasteiger partial charge in [-0.3, -0.25) is 13.9 Å². The summed E-state index contributed by atoms with van der Waals surface area (Å²) in [5.74, 6) is -0.530. The predicted octanol–water partition coefficient (Wildman–Crippen LogP) is 5.23. The zero-order valence-corrected chi connectivity index (χ0v) is 26.7. The van der Waals surface area contributed by atoms with Crippen LogP contribution in [0.5, 0.6) is 0 Å². The number of rotatable bonds is 12. The van der Waals surface area contributed by atoms with Crippen LogP contribution >= 0.6 is 38.5 Å². The van der Waals surface area contributed by atoms with Crippen LogP contribution < -0.4 is 9.62 Å². The maximum Gasteiger partial charge on any atom is 0.244 e. The molecule has 10 heteroatoms. The highest BCUT2D eigenvalue weighted by Crippen LogP contribution is 2.22. The molecule has 0 fully saturated rings. The molecule has 2 amide bonds. The highest BCUT2D eigenvalue weighted by atomic mass is 127. The van der Waals surface area contributed by atoms with Gasteiger partial charge in [0, 0.05) is 27.6 Å². The van der Waals surface area contributed by atoms with E-state index in [9.17, 15) is 18.0 Å². The van der Waals surface area contributed by atoms with Gasteiger partial charge in [0.2, 0.25) is 21.8 Å². The average molecular weight is 726 g/mol. The molecular weight excluding hydrogens is 693 g/mol. The maximum absolute atomic E-state index is 14.0. The fourth-order valence-electron chi connectivity index (χ4n) is 4.03. The van der Waals surface area contributed by atoms with Gasteiger partial charge >= 0.3 is 0 Å². The number of benzene rings is 3. The van der Waals surface area contributed by atoms with Gasteiger partial charge in [0.25, 0.3) is 0 Å². The molecule has 0 spiro atoms. The molecule has 3 aromatic rings. The molecule has 0 heterocycles. The van der Waals surface area contributed by atoms with E-state index in [-0.39, 0.29) is 24.8 Å². The van der Waals surface area contributed by atoms with Gasteiger partial charge in [-0.05, 0) is 76.0 Å². The van der Waals surface area contributed by atoms with Crippen LogP contribution in [0.2, 0.25) is 0 Å². The lowest BCUT2D eigenvalue weighted by molar-refractivity contribution is -0.140. The van der Waals surface area contributed by atoms with Crippen LogP contribution in [0.15, 0.2) is 83.3 Å². The van der Waals surface area contributed by atoms with E-state index >= 15 is 0 Å². The summed E-state index contributed by atoms with van der Waals surface area (Å²) in [6, 6.07) is 23.1. The average Bonchev–Trinajstić information content (AvgIpc) is 2.88. The first-order valence-corrected chi connectivity index (χ1v) is 16.2. The molecular formula is C29H33BrIN3O4S. The van der Waals surface area contributed by atoms with Gasteiger partial charge in [-0.1, -0.05) is 72.2 Å². The molecule has 0 aliphatic carbocycles. The molecule has 0 saturated heterocycles. The number of sulfonamides is 1. The van der Waals surface area contributed by atoms with Crippen molar-refractivity contribution in [1.82, 2.24) is 10.2 Å². The second kappa shape index (κ2) is 14.3. The third kappa shape index (κ3) is 9.61. The summed E-state index contributed by atoms with van der Waals surface area (Å²) in [5.41, 5.74) is 2.09. The standard InChI is InChI=1S/C29H33BrIN3O4S/c1-21(2)18-32-29(36)27(17-22-8-5-4-6-9-22)33(19-23-10-7-11-24(30)16-23)28(35)20-34(39(3,37)38)26-14-12-25(31)13-15-26/h4-16,21,27H,17-20H2,1-3H3,(H,32,36)/t27-/m0/s1. The predicted molar refractivity (Wildman–Crippen MR) is 168 cm³/mol. The Morgan fingerprint density at radius 1 is 0.949 bits per heavy atom. The minimum atomic E-state index is -3.79. The molecule has 1 N–H and O–H groups in total. The topological polar surface area (TPSA) is 86.8 Å². The monoisotopic (exact) mass is 725 g/mol. The van der Waals surface area contributed by atoms with Crippen LogP contribution in [0.3, 0.4) is 0 Å². The molecule has 0 radical (unpaired) electrons. The summed E-state index contributed by atoms with van der Waals surface area (Å²) in [7, 11) is -3.79. The Kier molecular flexibility index (Phi) is 11.4. The first kappa shape index (κ1) is 31.1. The van der Waals surface area contributed by atoms with Crippen LogP contribution in [0.1, 0.15) is 25.0 Å². The number of carbonyl (C=O) groups is 2. The Morgan fingerprint density at radius 3 is 2.18 bits per heavy atom. The number of halogens is 2. The van der Waals surface area contributed by atoms with E-state index in [1.54, 1.807) is 24.3 Å². The fourth-order valence-corrected chi connectivity index (χ4v) is 5.69. The summed E-state index contributed by atoms with van der Waals surface area (Å²) < 4.78 is 28.5. The highest BCUT2D eigenvalue weighted by molar-refractivity contribution is 14.1. The van der Waals surface area contributed by atoms with Crippen molar-refractivity contribution in [2.24, 2.45) is 5.92 Å². The minimum absolute atomic E-state index is 0.134. The zero-order valence-electron chi connectivity index (χ0n) is 22.2. The lowest BCUT2D eigenvalue weighted by Crippen LogP contribution is -2.53. The number of hydrogen-bond donors (Lipinski definition) is 1. The van der Waals surface area contributed by atoms with Crippen molar-refractivity contribution in [3.05, 3.63) is 98.0 Å². The Labute approximate surface area is 253 Å². The second-order valence-electron chi connectivity index (χ2n) is 9.74. The Hall–Kier alpha value is -2.44. The van der Waals surface area contributed by atoms with E-state index in [1.807, 2.05) is 68.4 Å². The van der Waals surface area contributed by atoms with Crippen LogP contribution in [-0.2, 0) is 32.6 Å². The quantitative estimate of drug-likeness (QED) is 0.259. The smallest absolute Gasteiger partial charge is 0.244 e. The van der Waals surface area contributed by atoms with E-state index in [0.29, 0.717) is 12.2 Å². The maximum atomic E-state index is 14.0. The Bertz CT molecular complexity index is 1370. The summed E-state index contributed by atoms with van der Waals surface area (Å²) in [6.07, 6.45) is 1.36. The number of nitrogens with zero attached hydrogens (tertiary/aromatic N) is 2. The first-order valence-electron chi connectivity index (χ1n) is 12.5. The van der Waals surface area contributed by atoms with Crippen LogP contribution in [-0.4, -0.2) is 50.5 Å². The number of carbonyl (C=O) groups excluding carboxylic acids is 2. The van der Waals surface area contributed by atoms with Crippen LogP contribution in [0.4, 0.5) is 5.69 Å². The molecule has 0 aliphatic heterocycles. The third-order valence-corrected chi connectivity index (χ3v) is 8.34. The van der Waals surface area contributed by atoms with Gasteiger partial charge < -0.3 is 10.2 Å². The summed E-state index contributed by atoms with van der Waals surface area (Å²) in [5, 5.41) is 2.98. The normalized spacial score (nSPS) is 12.2. The van der Waals surface area contributed by atoms with Crippen molar-refractivity contribution in [1.29, 1.82) is 0 Å². The van der Waals surface area contributed by atoms with Gasteiger partial charge in [0.05, 0.1) is 11.9 Å². The number of hydrogen-bond acceptors (Lipinski definition) is 4. The number of nitrogens with one attached hydrogen (secondary N) is 1. The molecule has 0 bridgehead atoms. The van der Waals surface area contributed by atoms with Crippen molar-refractivity contribution in [3.63, 3.8) is 0 Å². The SMILES string of the molecule is CC(C)CNC(=O)[C@H](Cc1ccccc1)N(Cc1cccc(Br)c1)C(=O)CN(c1ccc(I)cc1)S(C)(=O)=O. The molecule has 0 saturated carbocycles. The molecule has 0 aromatic heterocycles. The molecule has 208 valence electrons. The molecule has 1 atom stereocenters. The van der Waals surface area contributed by atoms with Gasteiger partial charge in [0.15, 0.2) is 0 Å². The van der Waals surface area contributed by atoms with Gasteiger partial charge in [-0.25, -0.2) is 8.42 Å². The first-order chi connectivity index (χ1) is 18.4. The Balaban J connectivity index is 2.04. The number of anilines is 1. The van der Waals surface area contributed by atoms with E-state index in [4.69, 9.17) is 0 Å². The van der Waals surface area contributed by atoms with E-state index in [0.717, 1.165) is 29.7 Å². The van der Waals surface area contributed by atoms with Gasteiger partial charge in [0.1, 0.15) is 12.6 Å². The lowest BCUT2D eigenvalue weighted by Gasteiger charge is -2.33. The van der Waals surface area contributed by atoms with Crippen molar-refractivity contribution >= 4 is 66.0 Å². The summed E-state index contributed by atoms with van der Waals surface area (Å²) >= 11 is 5.62. The van der Waals surface area contributed by atoms with Crippen molar-refractivity contribution < 1.29 is 18.0 Å². The lowest BCUT2D eigenvalue weighted by atomic mass is 10.0. The molecule has 3 rings (SSSR count). The van der Waals surface area contributed by atoms with E-state index < -0.39 is 28.5 Å². The molecule has 0 unspecified atom stereocenters. The van der Waals surface area contributed by atoms with Gasteiger partial charge in [-0.15, -0.1) is 0 Å². The van der Waals surface area contributed by atoms with Crippen molar-refractivity contribution in [3.8, 4) is 0 Å². The van der Waals surface area contributed by atoms with Gasteiger partial charge in [-0.2, -0.15) is 0 Å². The molecule has 7 nitrogen and oxygen atoms in total. The fraction of sp³-hybridized carbons (Fsp3) is 0.310. The highest BCUT2D eigenvalue weighted by Gasteiger charge is 2.33. The third-order valence-electron chi connectivity index (χ3n) is 5.99. The molecule has 39 heavy (non-hydrogen) atoms. The summed E-state index contributed by atoms with van der Waals surface area (Å²) in [6.45, 7) is 4.16. The van der Waals surface area contributed by atoms with Crippen LogP contribution in [0.25, 0.3) is 0 Å². The molecule has 0 aliphatic rings. The van der Waals surface area contributed by atoms with Crippen molar-refractivity contribution in [2.45, 2.75) is 32.9 Å². The largest absolute Gasteiger partial charge is 0.354 e. The summed E-state index contributed by atoms with van der Waals surface area (Å²) in [4.78, 5) is 29.1. The van der Waals surface area contributed by atoms with Crippen LogP contribution in [0, 0.1) is 9.49 Å². The van der Waals surface area contributed by atoms with Crippen molar-refractivity contribution in [2.75, 3.05) is 23.7 Å². The Morgan fingerprint density at radius 2 is 1.59 bits per heavy atom. The zero-order chi connectivity index (χ0) is 28.6.